The highest BCUT2D eigenvalue weighted by Crippen LogP contribution is 2.26. The summed E-state index contributed by atoms with van der Waals surface area (Å²) in [6.07, 6.45) is 82.2. The van der Waals surface area contributed by atoms with E-state index in [9.17, 15) is 35.1 Å². The highest BCUT2D eigenvalue weighted by Gasteiger charge is 2.47. The number of amides is 1. The Morgan fingerprint density at radius 1 is 0.440 bits per heavy atom. The summed E-state index contributed by atoms with van der Waals surface area (Å²) in [7, 11) is 0. The number of rotatable bonds is 63. The Hall–Kier alpha value is -3.94. The lowest BCUT2D eigenvalue weighted by atomic mass is 9.99. The molecular weight excluding hydrogens is 1130 g/mol. The zero-order valence-electron chi connectivity index (χ0n) is 58.2. The van der Waals surface area contributed by atoms with Crippen LogP contribution in [0.5, 0.6) is 0 Å². The fourth-order valence-corrected chi connectivity index (χ4v) is 11.0. The van der Waals surface area contributed by atoms with E-state index in [4.69, 9.17) is 14.2 Å². The Morgan fingerprint density at radius 2 is 0.791 bits per heavy atom. The average Bonchev–Trinajstić information content (AvgIpc) is 1.00. The van der Waals surface area contributed by atoms with Gasteiger partial charge in [0, 0.05) is 6.42 Å². The van der Waals surface area contributed by atoms with Crippen molar-refractivity contribution in [3.05, 3.63) is 122 Å². The zero-order chi connectivity index (χ0) is 66.0. The molecule has 0 aromatic rings. The molecule has 1 saturated heterocycles. The Morgan fingerprint density at radius 3 is 1.21 bits per heavy atom. The molecule has 0 spiro atoms. The van der Waals surface area contributed by atoms with Gasteiger partial charge in [0.2, 0.25) is 5.91 Å². The van der Waals surface area contributed by atoms with Crippen LogP contribution >= 0.6 is 0 Å². The van der Waals surface area contributed by atoms with Crippen molar-refractivity contribution in [2.75, 3.05) is 13.2 Å². The number of hydrogen-bond acceptors (Lipinski definition) is 10. The molecule has 1 amide bonds. The monoisotopic (exact) mass is 1270 g/mol. The van der Waals surface area contributed by atoms with E-state index >= 15 is 0 Å². The van der Waals surface area contributed by atoms with E-state index in [1.165, 1.54) is 128 Å². The average molecular weight is 1270 g/mol. The molecular formula is C80H137NO10. The second-order valence-corrected chi connectivity index (χ2v) is 25.3. The van der Waals surface area contributed by atoms with Crippen molar-refractivity contribution in [3.8, 4) is 0 Å². The molecule has 8 atom stereocenters. The van der Waals surface area contributed by atoms with E-state index in [-0.39, 0.29) is 19.4 Å². The number of aliphatic hydroxyl groups excluding tert-OH is 5. The second kappa shape index (κ2) is 66.1. The fraction of sp³-hybridized carbons (Fsp3) is 0.725. The van der Waals surface area contributed by atoms with Crippen LogP contribution in [0.25, 0.3) is 0 Å². The Labute approximate surface area is 557 Å². The first kappa shape index (κ1) is 85.1. The number of nitrogens with one attached hydrogen (secondary N) is 1. The molecule has 11 heteroatoms. The second-order valence-electron chi connectivity index (χ2n) is 25.3. The maximum Gasteiger partial charge on any atom is 0.306 e. The summed E-state index contributed by atoms with van der Waals surface area (Å²) in [5.41, 5.74) is 0. The lowest BCUT2D eigenvalue weighted by Gasteiger charge is -2.41. The third kappa shape index (κ3) is 53.1. The fourth-order valence-electron chi connectivity index (χ4n) is 11.0. The van der Waals surface area contributed by atoms with Crippen molar-refractivity contribution in [2.24, 2.45) is 0 Å². The first-order valence-electron chi connectivity index (χ1n) is 37.3. The summed E-state index contributed by atoms with van der Waals surface area (Å²) in [6.45, 7) is 5.67. The summed E-state index contributed by atoms with van der Waals surface area (Å²) in [4.78, 5) is 26.7. The molecule has 0 radical (unpaired) electrons. The molecule has 6 N–H and O–H groups in total. The molecule has 0 saturated carbocycles. The van der Waals surface area contributed by atoms with Gasteiger partial charge in [-0.25, -0.2) is 0 Å². The highest BCUT2D eigenvalue weighted by atomic mass is 16.7. The van der Waals surface area contributed by atoms with Gasteiger partial charge in [-0.3, -0.25) is 9.59 Å². The van der Waals surface area contributed by atoms with Crippen molar-refractivity contribution < 1.29 is 49.3 Å². The normalized spacial score (nSPS) is 18.7. The minimum absolute atomic E-state index is 0.110. The third-order valence-corrected chi connectivity index (χ3v) is 16.8. The van der Waals surface area contributed by atoms with Crippen LogP contribution in [0.1, 0.15) is 310 Å². The van der Waals surface area contributed by atoms with Gasteiger partial charge in [0.25, 0.3) is 0 Å². The number of carbonyl (C=O) groups excluding carboxylic acids is 2. The van der Waals surface area contributed by atoms with Crippen LogP contribution < -0.4 is 5.32 Å². The number of ether oxygens (including phenoxy) is 3. The summed E-state index contributed by atoms with van der Waals surface area (Å²) in [6, 6.07) is -1.04. The number of allylic oxidation sites excluding steroid dienone is 19. The van der Waals surface area contributed by atoms with Crippen LogP contribution in [0.2, 0.25) is 0 Å². The van der Waals surface area contributed by atoms with Gasteiger partial charge in [0.1, 0.15) is 24.4 Å². The van der Waals surface area contributed by atoms with E-state index in [1.54, 1.807) is 6.08 Å². The van der Waals surface area contributed by atoms with Gasteiger partial charge >= 0.3 is 5.97 Å². The molecule has 1 fully saturated rings. The quantitative estimate of drug-likeness (QED) is 0.0195. The molecule has 1 aliphatic rings. The van der Waals surface area contributed by atoms with Crippen LogP contribution in [0.15, 0.2) is 122 Å². The van der Waals surface area contributed by atoms with Gasteiger partial charge in [0.05, 0.1) is 25.4 Å². The largest absolute Gasteiger partial charge is 0.454 e. The predicted molar refractivity (Wildman–Crippen MR) is 384 cm³/mol. The molecule has 1 aliphatic heterocycles. The summed E-state index contributed by atoms with van der Waals surface area (Å²) >= 11 is 0. The number of hydrogen-bond donors (Lipinski definition) is 6. The standard InChI is InChI=1S/C80H137NO10/c1-4-7-10-13-16-19-22-25-27-29-31-33-35-37-39-41-43-45-47-50-53-56-59-62-65-68-75(85)91-78-77(87)76(86)74(69-82)90-80(78)89-70-71(72(83)66-63-60-57-54-51-48-24-21-18-15-12-9-6-3)81-79(88)73(84)67-64-61-58-55-52-49-46-44-42-40-38-36-34-32-30-28-26-23-20-17-14-11-8-5-2/h8,11,16-17,19-20,25-28,31-34,37-40,63,66,71-74,76-78,80,82-84,86-87H,4-7,9-10,12-15,18,21-24,29-30,35-36,41-62,64-65,67-70H2,1-3H3,(H,81,88)/b11-8-,19-16-,20-17-,27-25-,28-26-,33-31-,34-32-,39-37-,40-38-,66-63+. The SMILES string of the molecule is CC/C=C\C/C=C\C/C=C\C/C=C\C/C=C\CCCCCCCCCCC(O)C(=O)NC(COC1OC(CO)C(O)C(O)C1OC(=O)CCCCCCCCCCC/C=C\C/C=C\C/C=C\C/C=C\CCCCC)C(O)/C=C/CCCCCCCCCCCCC. The van der Waals surface area contributed by atoms with E-state index in [1.807, 2.05) is 6.08 Å². The Bertz CT molecular complexity index is 1950. The van der Waals surface area contributed by atoms with E-state index in [0.29, 0.717) is 12.8 Å². The summed E-state index contributed by atoms with van der Waals surface area (Å²) < 4.78 is 17.7. The molecule has 8 unspecified atom stereocenters. The molecule has 0 aliphatic carbocycles. The van der Waals surface area contributed by atoms with Crippen LogP contribution in [0.3, 0.4) is 0 Å². The third-order valence-electron chi connectivity index (χ3n) is 16.8. The predicted octanol–water partition coefficient (Wildman–Crippen LogP) is 19.7. The first-order valence-corrected chi connectivity index (χ1v) is 37.3. The lowest BCUT2D eigenvalue weighted by molar-refractivity contribution is -0.305. The topological polar surface area (TPSA) is 175 Å². The van der Waals surface area contributed by atoms with Crippen molar-refractivity contribution in [2.45, 2.75) is 359 Å². The number of aliphatic hydroxyl groups is 5. The van der Waals surface area contributed by atoms with Gasteiger partial charge in [0.15, 0.2) is 12.4 Å². The van der Waals surface area contributed by atoms with Crippen molar-refractivity contribution in [1.82, 2.24) is 5.32 Å². The number of unbranched alkanes of at least 4 members (excludes halogenated alkanes) is 31. The maximum atomic E-state index is 13.5. The van der Waals surface area contributed by atoms with Crippen LogP contribution in [-0.2, 0) is 23.8 Å². The van der Waals surface area contributed by atoms with Gasteiger partial charge in [-0.2, -0.15) is 0 Å². The number of carbonyl (C=O) groups is 2. The maximum absolute atomic E-state index is 13.5. The zero-order valence-corrected chi connectivity index (χ0v) is 58.2. The summed E-state index contributed by atoms with van der Waals surface area (Å²) in [5, 5.41) is 57.4. The van der Waals surface area contributed by atoms with Crippen LogP contribution in [0.4, 0.5) is 0 Å². The lowest BCUT2D eigenvalue weighted by Crippen LogP contribution is -2.61. The molecule has 11 nitrogen and oxygen atoms in total. The number of esters is 1. The molecule has 0 bridgehead atoms. The molecule has 0 aromatic carbocycles. The summed E-state index contributed by atoms with van der Waals surface area (Å²) in [5.74, 6) is -1.21. The Balaban J connectivity index is 2.58. The first-order chi connectivity index (χ1) is 44.7. The van der Waals surface area contributed by atoms with Crippen LogP contribution in [-0.4, -0.2) is 99.6 Å². The minimum atomic E-state index is -1.63. The minimum Gasteiger partial charge on any atom is -0.454 e. The van der Waals surface area contributed by atoms with Crippen molar-refractivity contribution in [1.29, 1.82) is 0 Å². The molecule has 522 valence electrons. The van der Waals surface area contributed by atoms with Gasteiger partial charge < -0.3 is 45.1 Å². The smallest absolute Gasteiger partial charge is 0.306 e. The van der Waals surface area contributed by atoms with Crippen molar-refractivity contribution in [3.63, 3.8) is 0 Å². The van der Waals surface area contributed by atoms with E-state index in [0.717, 1.165) is 135 Å². The van der Waals surface area contributed by atoms with Crippen molar-refractivity contribution >= 4 is 11.9 Å². The molecule has 91 heavy (non-hydrogen) atoms. The Kier molecular flexibility index (Phi) is 61.8. The van der Waals surface area contributed by atoms with Gasteiger partial charge in [-0.1, -0.05) is 309 Å². The van der Waals surface area contributed by atoms with E-state index in [2.05, 4.69) is 135 Å². The van der Waals surface area contributed by atoms with E-state index < -0.39 is 67.4 Å². The molecule has 1 rings (SSSR count). The van der Waals surface area contributed by atoms with Gasteiger partial charge in [-0.05, 0) is 116 Å². The van der Waals surface area contributed by atoms with Crippen LogP contribution in [0, 0.1) is 0 Å². The van der Waals surface area contributed by atoms with Gasteiger partial charge in [-0.15, -0.1) is 0 Å². The molecule has 0 aromatic heterocycles. The molecule has 1 heterocycles. The highest BCUT2D eigenvalue weighted by molar-refractivity contribution is 5.80.